The van der Waals surface area contributed by atoms with E-state index >= 15 is 0 Å². The van der Waals surface area contributed by atoms with E-state index in [1.165, 1.54) is 0 Å². The molecule has 20 heavy (non-hydrogen) atoms. The number of rotatable bonds is 5. The van der Waals surface area contributed by atoms with Gasteiger partial charge in [0.15, 0.2) is 17.4 Å². The third-order valence-electron chi connectivity index (χ3n) is 2.30. The molecule has 1 aromatic rings. The van der Waals surface area contributed by atoms with E-state index < -0.39 is 40.6 Å². The molecule has 110 valence electrons. The van der Waals surface area contributed by atoms with Crippen LogP contribution in [0, 0.1) is 17.5 Å². The summed E-state index contributed by atoms with van der Waals surface area (Å²) in [6, 6.07) is 0.323. The number of carbonyl (C=O) groups excluding carboxylic acids is 2. The van der Waals surface area contributed by atoms with Crippen LogP contribution in [0.4, 0.5) is 13.2 Å². The second kappa shape index (κ2) is 6.78. The molecule has 0 unspecified atom stereocenters. The second-order valence-electron chi connectivity index (χ2n) is 3.69. The van der Waals surface area contributed by atoms with E-state index in [9.17, 15) is 22.8 Å². The van der Waals surface area contributed by atoms with Gasteiger partial charge in [-0.1, -0.05) is 0 Å². The van der Waals surface area contributed by atoms with Crippen molar-refractivity contribution in [3.05, 3.63) is 29.1 Å². The summed E-state index contributed by atoms with van der Waals surface area (Å²) in [5.74, 6) is -8.12. The van der Waals surface area contributed by atoms with Gasteiger partial charge in [0.1, 0.15) is 0 Å². The number of phenols is 1. The number of phenolic OH excluding ortho intramolecular Hbond substituents is 1. The quantitative estimate of drug-likeness (QED) is 0.636. The third kappa shape index (κ3) is 3.62. The lowest BCUT2D eigenvalue weighted by atomic mass is 10.1. The van der Waals surface area contributed by atoms with Crippen molar-refractivity contribution in [2.75, 3.05) is 13.2 Å². The molecule has 0 aliphatic carbocycles. The number of carbonyl (C=O) groups is 2. The van der Waals surface area contributed by atoms with Gasteiger partial charge in [-0.3, -0.25) is 9.59 Å². The number of hydrogen-bond acceptors (Lipinski definition) is 4. The highest BCUT2D eigenvalue weighted by atomic mass is 19.2. The van der Waals surface area contributed by atoms with E-state index in [4.69, 9.17) is 5.11 Å². The first-order valence-electron chi connectivity index (χ1n) is 5.68. The summed E-state index contributed by atoms with van der Waals surface area (Å²) in [6.07, 6.45) is -0.156. The Morgan fingerprint density at radius 3 is 2.55 bits per heavy atom. The molecule has 0 bridgehead atoms. The fourth-order valence-electron chi connectivity index (χ4n) is 1.36. The molecule has 1 aromatic carbocycles. The zero-order chi connectivity index (χ0) is 15.3. The molecule has 0 saturated carbocycles. The molecule has 2 N–H and O–H groups in total. The Labute approximate surface area is 112 Å². The van der Waals surface area contributed by atoms with Crippen LogP contribution in [0.15, 0.2) is 6.07 Å². The number of amides is 1. The highest BCUT2D eigenvalue weighted by Gasteiger charge is 2.22. The van der Waals surface area contributed by atoms with Crippen molar-refractivity contribution in [1.82, 2.24) is 5.32 Å². The first kappa shape index (κ1) is 15.8. The van der Waals surface area contributed by atoms with Gasteiger partial charge >= 0.3 is 5.97 Å². The lowest BCUT2D eigenvalue weighted by Crippen LogP contribution is -2.27. The molecule has 1 amide bonds. The molecule has 0 aliphatic rings. The maximum absolute atomic E-state index is 13.4. The predicted octanol–water partition coefficient (Wildman–Crippen LogP) is 1.49. The van der Waals surface area contributed by atoms with Gasteiger partial charge in [0, 0.05) is 6.54 Å². The third-order valence-corrected chi connectivity index (χ3v) is 2.30. The van der Waals surface area contributed by atoms with Crippen LogP contribution >= 0.6 is 0 Å². The van der Waals surface area contributed by atoms with Gasteiger partial charge in [0.2, 0.25) is 5.82 Å². The summed E-state index contributed by atoms with van der Waals surface area (Å²) < 4.78 is 43.8. The highest BCUT2D eigenvalue weighted by Crippen LogP contribution is 2.25. The zero-order valence-electron chi connectivity index (χ0n) is 10.5. The largest absolute Gasteiger partial charge is 0.503 e. The van der Waals surface area contributed by atoms with Crippen LogP contribution in [-0.2, 0) is 9.53 Å². The number of hydrogen-bond donors (Lipinski definition) is 2. The number of ether oxygens (including phenoxy) is 1. The van der Waals surface area contributed by atoms with Crippen molar-refractivity contribution >= 4 is 11.9 Å². The molecular weight excluding hydrogens is 279 g/mol. The molecule has 0 fully saturated rings. The van der Waals surface area contributed by atoms with Gasteiger partial charge < -0.3 is 15.2 Å². The van der Waals surface area contributed by atoms with Gasteiger partial charge in [-0.05, 0) is 13.0 Å². The Balaban J connectivity index is 2.72. The van der Waals surface area contributed by atoms with Gasteiger partial charge in [-0.25, -0.2) is 8.78 Å². The molecule has 0 radical (unpaired) electrons. The molecule has 0 heterocycles. The predicted molar refractivity (Wildman–Crippen MR) is 61.6 cm³/mol. The van der Waals surface area contributed by atoms with E-state index in [0.29, 0.717) is 6.07 Å². The Kier molecular flexibility index (Phi) is 5.36. The maximum Gasteiger partial charge on any atom is 0.307 e. The van der Waals surface area contributed by atoms with Gasteiger partial charge in [0.25, 0.3) is 5.91 Å². The van der Waals surface area contributed by atoms with Crippen molar-refractivity contribution in [1.29, 1.82) is 0 Å². The van der Waals surface area contributed by atoms with Gasteiger partial charge in [-0.15, -0.1) is 0 Å². The number of aromatic hydroxyl groups is 1. The number of nitrogens with one attached hydrogen (secondary N) is 1. The number of halogens is 3. The van der Waals surface area contributed by atoms with Crippen LogP contribution in [0.3, 0.4) is 0 Å². The van der Waals surface area contributed by atoms with E-state index in [0.717, 1.165) is 0 Å². The molecule has 5 nitrogen and oxygen atoms in total. The number of esters is 1. The second-order valence-corrected chi connectivity index (χ2v) is 3.69. The van der Waals surface area contributed by atoms with Gasteiger partial charge in [-0.2, -0.15) is 4.39 Å². The highest BCUT2D eigenvalue weighted by molar-refractivity contribution is 5.95. The fourth-order valence-corrected chi connectivity index (χ4v) is 1.36. The standard InChI is InChI=1S/C12H12F3NO4/c1-2-20-8(17)3-4-16-12(19)6-5-7(13)10(15)11(18)9(6)14/h5,18H,2-4H2,1H3,(H,16,19). The van der Waals surface area contributed by atoms with Crippen molar-refractivity contribution in [3.8, 4) is 5.75 Å². The molecule has 0 saturated heterocycles. The minimum atomic E-state index is -1.77. The molecule has 0 aliphatic heterocycles. The summed E-state index contributed by atoms with van der Waals surface area (Å²) >= 11 is 0. The van der Waals surface area contributed by atoms with Crippen molar-refractivity contribution in [2.24, 2.45) is 0 Å². The summed E-state index contributed by atoms with van der Waals surface area (Å²) in [5.41, 5.74) is -0.856. The molecule has 1 rings (SSSR count). The smallest absolute Gasteiger partial charge is 0.307 e. The summed E-state index contributed by atoms with van der Waals surface area (Å²) in [7, 11) is 0. The van der Waals surface area contributed by atoms with Crippen LogP contribution in [0.25, 0.3) is 0 Å². The Morgan fingerprint density at radius 1 is 1.30 bits per heavy atom. The van der Waals surface area contributed by atoms with Crippen LogP contribution in [0.2, 0.25) is 0 Å². The average molecular weight is 291 g/mol. The lowest BCUT2D eigenvalue weighted by Gasteiger charge is -2.08. The first-order valence-corrected chi connectivity index (χ1v) is 5.68. The van der Waals surface area contributed by atoms with Crippen LogP contribution in [0.5, 0.6) is 5.75 Å². The summed E-state index contributed by atoms with van der Waals surface area (Å²) in [4.78, 5) is 22.5. The topological polar surface area (TPSA) is 75.6 Å². The fraction of sp³-hybridized carbons (Fsp3) is 0.333. The maximum atomic E-state index is 13.4. The summed E-state index contributed by atoms with van der Waals surface area (Å²) in [5, 5.41) is 11.1. The van der Waals surface area contributed by atoms with Crippen molar-refractivity contribution in [3.63, 3.8) is 0 Å². The Morgan fingerprint density at radius 2 is 1.95 bits per heavy atom. The Bertz CT molecular complexity index is 534. The van der Waals surface area contributed by atoms with Gasteiger partial charge in [0.05, 0.1) is 18.6 Å². The van der Waals surface area contributed by atoms with E-state index in [-0.39, 0.29) is 19.6 Å². The van der Waals surface area contributed by atoms with E-state index in [1.54, 1.807) is 6.92 Å². The zero-order valence-corrected chi connectivity index (χ0v) is 10.5. The average Bonchev–Trinajstić information content (AvgIpc) is 2.40. The van der Waals surface area contributed by atoms with Crippen molar-refractivity contribution < 1.29 is 32.6 Å². The summed E-state index contributed by atoms with van der Waals surface area (Å²) in [6.45, 7) is 1.62. The monoisotopic (exact) mass is 291 g/mol. The minimum absolute atomic E-state index is 0.156. The van der Waals surface area contributed by atoms with Crippen LogP contribution in [0.1, 0.15) is 23.7 Å². The van der Waals surface area contributed by atoms with E-state index in [2.05, 4.69) is 10.1 Å². The van der Waals surface area contributed by atoms with Crippen molar-refractivity contribution in [2.45, 2.75) is 13.3 Å². The minimum Gasteiger partial charge on any atom is -0.503 e. The van der Waals surface area contributed by atoms with Crippen LogP contribution in [-0.4, -0.2) is 30.1 Å². The SMILES string of the molecule is CCOC(=O)CCNC(=O)c1cc(F)c(F)c(O)c1F. The lowest BCUT2D eigenvalue weighted by molar-refractivity contribution is -0.142. The van der Waals surface area contributed by atoms with Crippen LogP contribution < -0.4 is 5.32 Å². The molecule has 0 atom stereocenters. The molecule has 8 heteroatoms. The van der Waals surface area contributed by atoms with E-state index in [1.807, 2.05) is 0 Å². The molecule has 0 spiro atoms. The molecular formula is C12H12F3NO4. The molecule has 0 aromatic heterocycles. The Hall–Kier alpha value is -2.25. The normalized spacial score (nSPS) is 10.2. The first-order chi connectivity index (χ1) is 9.38. The number of benzene rings is 1.